The molecule has 0 spiro atoms. The van der Waals surface area contributed by atoms with Crippen molar-refractivity contribution in [2.75, 3.05) is 38.0 Å². The molecule has 3 aromatic rings. The van der Waals surface area contributed by atoms with E-state index < -0.39 is 0 Å². The molecule has 3 N–H and O–H groups in total. The molecule has 9 heteroatoms. The van der Waals surface area contributed by atoms with Crippen molar-refractivity contribution in [3.63, 3.8) is 0 Å². The molecule has 4 rings (SSSR count). The maximum absolute atomic E-state index is 11.7. The molecule has 1 aliphatic rings. The van der Waals surface area contributed by atoms with Gasteiger partial charge in [0.1, 0.15) is 5.82 Å². The molecule has 1 fully saturated rings. The third kappa shape index (κ3) is 6.87. The van der Waals surface area contributed by atoms with E-state index in [2.05, 4.69) is 20.6 Å². The Balaban J connectivity index is 0.000000196. The smallest absolute Gasteiger partial charge is 0.294 e. The molecule has 0 bridgehead atoms. The maximum Gasteiger partial charge on any atom is 0.294 e. The van der Waals surface area contributed by atoms with Gasteiger partial charge >= 0.3 is 0 Å². The third-order valence-electron chi connectivity index (χ3n) is 5.56. The molecule has 0 radical (unpaired) electrons. The van der Waals surface area contributed by atoms with Crippen molar-refractivity contribution in [3.8, 4) is 5.75 Å². The van der Waals surface area contributed by atoms with Crippen LogP contribution in [0.3, 0.4) is 0 Å². The summed E-state index contributed by atoms with van der Waals surface area (Å²) < 4.78 is 5.36. The number of nitrogens with zero attached hydrogens (tertiary/aromatic N) is 3. The number of amides is 1. The Morgan fingerprint density at radius 1 is 1.06 bits per heavy atom. The van der Waals surface area contributed by atoms with Gasteiger partial charge in [-0.1, -0.05) is 43.5 Å². The molecule has 1 aliphatic carbocycles. The van der Waals surface area contributed by atoms with E-state index in [9.17, 15) is 9.70 Å². The molecule has 9 nitrogen and oxygen atoms in total. The Kier molecular flexibility index (Phi) is 9.13. The zero-order chi connectivity index (χ0) is 24.3. The maximum atomic E-state index is 11.7. The summed E-state index contributed by atoms with van der Waals surface area (Å²) in [5.74, 6) is 1.85. The van der Waals surface area contributed by atoms with Gasteiger partial charge in [0.2, 0.25) is 5.95 Å². The van der Waals surface area contributed by atoms with E-state index in [1.54, 1.807) is 29.4 Å². The summed E-state index contributed by atoms with van der Waals surface area (Å²) in [5.41, 5.74) is 1.30. The number of anilines is 2. The number of benzene rings is 2. The van der Waals surface area contributed by atoms with E-state index in [4.69, 9.17) is 4.74 Å². The van der Waals surface area contributed by atoms with Gasteiger partial charge in [-0.3, -0.25) is 4.79 Å². The number of hydrogen-bond donors (Lipinski definition) is 3. The average Bonchev–Trinajstić information content (AvgIpc) is 2.87. The van der Waals surface area contributed by atoms with Crippen LogP contribution in [0.1, 0.15) is 32.1 Å². The van der Waals surface area contributed by atoms with Crippen molar-refractivity contribution in [2.24, 2.45) is 0 Å². The quantitative estimate of drug-likeness (QED) is 0.492. The van der Waals surface area contributed by atoms with Crippen molar-refractivity contribution in [1.29, 1.82) is 0 Å². The number of ether oxygens (including phenoxy) is 1. The Labute approximate surface area is 199 Å². The Hall–Kier alpha value is -3.75. The van der Waals surface area contributed by atoms with Gasteiger partial charge in [-0.05, 0) is 31.0 Å². The summed E-state index contributed by atoms with van der Waals surface area (Å²) in [4.78, 5) is 33.2. The van der Waals surface area contributed by atoms with Crippen LogP contribution < -0.4 is 25.4 Å². The van der Waals surface area contributed by atoms with Crippen molar-refractivity contribution >= 4 is 34.3 Å². The molecular formula is C25H33N6O3+. The molecule has 180 valence electrons. The molecule has 1 heterocycles. The molecule has 1 amide bonds. The van der Waals surface area contributed by atoms with Crippen molar-refractivity contribution in [2.45, 2.75) is 38.1 Å². The number of hydrogen-bond acceptors (Lipinski definition) is 7. The second-order valence-corrected chi connectivity index (χ2v) is 8.32. The Morgan fingerprint density at radius 2 is 1.76 bits per heavy atom. The first-order chi connectivity index (χ1) is 16.5. The second kappa shape index (κ2) is 12.5. The van der Waals surface area contributed by atoms with E-state index in [1.807, 2.05) is 50.3 Å². The van der Waals surface area contributed by atoms with E-state index in [0.717, 1.165) is 29.6 Å². The number of carbonyl (C=O) groups is 1. The van der Waals surface area contributed by atoms with Crippen LogP contribution >= 0.6 is 0 Å². The summed E-state index contributed by atoms with van der Waals surface area (Å²) in [7, 11) is 5.78. The van der Waals surface area contributed by atoms with Crippen LogP contribution in [0.15, 0.2) is 48.5 Å². The first kappa shape index (κ1) is 24.9. The van der Waals surface area contributed by atoms with Gasteiger partial charge in [0.05, 0.1) is 5.52 Å². The van der Waals surface area contributed by atoms with E-state index >= 15 is 0 Å². The predicted molar refractivity (Wildman–Crippen MR) is 134 cm³/mol. The lowest BCUT2D eigenvalue weighted by molar-refractivity contribution is -0.380. The zero-order valence-corrected chi connectivity index (χ0v) is 20.0. The molecule has 1 saturated carbocycles. The monoisotopic (exact) mass is 465 g/mol. The third-order valence-corrected chi connectivity index (χ3v) is 5.56. The summed E-state index contributed by atoms with van der Waals surface area (Å²) in [6.07, 6.45) is 5.70. The lowest BCUT2D eigenvalue weighted by atomic mass is 9.95. The van der Waals surface area contributed by atoms with E-state index in [0.29, 0.717) is 17.4 Å². The normalized spacial score (nSPS) is 13.4. The molecule has 1 aromatic heterocycles. The number of rotatable bonds is 7. The zero-order valence-electron chi connectivity index (χ0n) is 20.0. The van der Waals surface area contributed by atoms with Gasteiger partial charge in [-0.2, -0.15) is 4.98 Å². The highest BCUT2D eigenvalue weighted by molar-refractivity contribution is 5.90. The van der Waals surface area contributed by atoms with Crippen LogP contribution in [0.25, 0.3) is 10.9 Å². The molecule has 0 saturated heterocycles. The number of aromatic nitrogens is 2. The standard InChI is InChI=1S/C14H18N2O3.C11H14N4/c17-14(15-11-6-2-1-3-7-11)10-19-13-9-5-4-8-12(13)16-18;1-12-11-13-9-7-5-4-6-8(9)10(14-11)15(2)3/h4-5,8-9,11H,1-3,6-7,10H2,(H,15,17);4-7H,1-3H3,(H,12,13,14)/p+1. The number of nitrogens with one attached hydrogen (secondary N) is 3. The van der Waals surface area contributed by atoms with Gasteiger partial charge in [0, 0.05) is 48.7 Å². The van der Waals surface area contributed by atoms with Crippen LogP contribution in [0, 0.1) is 4.91 Å². The molecule has 0 aliphatic heterocycles. The minimum absolute atomic E-state index is 0.0603. The lowest BCUT2D eigenvalue weighted by Gasteiger charge is -2.22. The van der Waals surface area contributed by atoms with E-state index in [1.165, 1.54) is 19.3 Å². The van der Waals surface area contributed by atoms with Crippen molar-refractivity contribution in [1.82, 2.24) is 15.3 Å². The fraction of sp³-hybridized carbons (Fsp3) is 0.400. The van der Waals surface area contributed by atoms with Crippen LogP contribution in [0.5, 0.6) is 5.75 Å². The first-order valence-electron chi connectivity index (χ1n) is 11.5. The SMILES string of the molecule is CNc1nc(N(C)C)c2ccccc2n1.O=[NH+]c1ccccc1OCC(=O)NC1CCCCC1. The van der Waals surface area contributed by atoms with Gasteiger partial charge in [0.15, 0.2) is 12.4 Å². The molecular weight excluding hydrogens is 432 g/mol. The van der Waals surface area contributed by atoms with Crippen LogP contribution in [-0.2, 0) is 4.79 Å². The number of para-hydroxylation sites is 3. The van der Waals surface area contributed by atoms with E-state index in [-0.39, 0.29) is 18.6 Å². The summed E-state index contributed by atoms with van der Waals surface area (Å²) >= 11 is 0. The topological polar surface area (TPSA) is 110 Å². The number of nitroso groups, excluding NO2 is 1. The van der Waals surface area contributed by atoms with Crippen LogP contribution in [0.4, 0.5) is 17.5 Å². The van der Waals surface area contributed by atoms with Gasteiger partial charge in [-0.25, -0.2) is 4.98 Å². The highest BCUT2D eigenvalue weighted by Gasteiger charge is 2.17. The summed E-state index contributed by atoms with van der Waals surface area (Å²) in [5, 5.41) is 8.79. The van der Waals surface area contributed by atoms with Gasteiger partial charge < -0.3 is 20.3 Å². The minimum atomic E-state index is -0.132. The fourth-order valence-electron chi connectivity index (χ4n) is 3.85. The molecule has 0 atom stereocenters. The number of fused-ring (bicyclic) bond motifs is 1. The first-order valence-corrected chi connectivity index (χ1v) is 11.5. The second-order valence-electron chi connectivity index (χ2n) is 8.32. The summed E-state index contributed by atoms with van der Waals surface area (Å²) in [6.45, 7) is -0.0603. The highest BCUT2D eigenvalue weighted by atomic mass is 16.5. The Bertz CT molecular complexity index is 1100. The molecule has 34 heavy (non-hydrogen) atoms. The van der Waals surface area contributed by atoms with Crippen LogP contribution in [-0.4, -0.2) is 49.7 Å². The van der Waals surface area contributed by atoms with Gasteiger partial charge in [0.25, 0.3) is 11.6 Å². The van der Waals surface area contributed by atoms with Crippen molar-refractivity contribution < 1.29 is 14.7 Å². The summed E-state index contributed by atoms with van der Waals surface area (Å²) in [6, 6.07) is 15.0. The largest absolute Gasteiger partial charge is 0.477 e. The lowest BCUT2D eigenvalue weighted by Crippen LogP contribution is -2.55. The minimum Gasteiger partial charge on any atom is -0.477 e. The average molecular weight is 466 g/mol. The fourth-order valence-corrected chi connectivity index (χ4v) is 3.85. The van der Waals surface area contributed by atoms with Gasteiger partial charge in [-0.15, -0.1) is 0 Å². The van der Waals surface area contributed by atoms with Crippen LogP contribution in [0.2, 0.25) is 0 Å². The number of carbonyl (C=O) groups excluding carboxylic acids is 1. The highest BCUT2D eigenvalue weighted by Crippen LogP contribution is 2.23. The van der Waals surface area contributed by atoms with Crippen molar-refractivity contribution in [3.05, 3.63) is 53.4 Å². The molecule has 2 aromatic carbocycles. The predicted octanol–water partition coefficient (Wildman–Crippen LogP) is 2.73. The molecule has 0 unspecified atom stereocenters. The Morgan fingerprint density at radius 3 is 2.47 bits per heavy atom.